The molecule has 15 heavy (non-hydrogen) atoms. The second-order valence-electron chi connectivity index (χ2n) is 3.99. The molecule has 84 valence electrons. The molecule has 0 heterocycles. The Balaban J connectivity index is 2.41. The number of nitrogens with zero attached hydrogens (tertiary/aromatic N) is 1. The first-order valence-corrected chi connectivity index (χ1v) is 6.33. The summed E-state index contributed by atoms with van der Waals surface area (Å²) in [6.07, 6.45) is 0. The monoisotopic (exact) mass is 224 g/mol. The summed E-state index contributed by atoms with van der Waals surface area (Å²) in [5.41, 5.74) is 9.35. The average Bonchev–Trinajstić information content (AvgIpc) is 2.18. The minimum atomic E-state index is 0.903. The Labute approximate surface area is 96.8 Å². The van der Waals surface area contributed by atoms with Crippen LogP contribution < -0.4 is 5.73 Å². The van der Waals surface area contributed by atoms with Crippen molar-refractivity contribution in [3.05, 3.63) is 29.3 Å². The van der Waals surface area contributed by atoms with Gasteiger partial charge in [0.25, 0.3) is 0 Å². The highest BCUT2D eigenvalue weighted by atomic mass is 32.2. The van der Waals surface area contributed by atoms with Crippen molar-refractivity contribution in [1.82, 2.24) is 4.90 Å². The van der Waals surface area contributed by atoms with E-state index in [0.717, 1.165) is 18.0 Å². The number of hydrogen-bond acceptors (Lipinski definition) is 3. The van der Waals surface area contributed by atoms with Gasteiger partial charge in [-0.25, -0.2) is 0 Å². The normalized spacial score (nSPS) is 10.9. The molecule has 0 unspecified atom stereocenters. The fraction of sp³-hybridized carbons (Fsp3) is 0.500. The van der Waals surface area contributed by atoms with E-state index in [1.165, 1.54) is 16.9 Å². The molecule has 0 aliphatic carbocycles. The van der Waals surface area contributed by atoms with E-state index in [9.17, 15) is 0 Å². The zero-order valence-corrected chi connectivity index (χ0v) is 10.6. The molecule has 0 amide bonds. The number of anilines is 1. The van der Waals surface area contributed by atoms with Crippen LogP contribution in [0.5, 0.6) is 0 Å². The highest BCUT2D eigenvalue weighted by molar-refractivity contribution is 7.98. The van der Waals surface area contributed by atoms with E-state index < -0.39 is 0 Å². The topological polar surface area (TPSA) is 29.3 Å². The summed E-state index contributed by atoms with van der Waals surface area (Å²) in [5.74, 6) is 2.23. The molecule has 0 atom stereocenters. The predicted molar refractivity (Wildman–Crippen MR) is 70.3 cm³/mol. The van der Waals surface area contributed by atoms with Crippen molar-refractivity contribution in [2.24, 2.45) is 0 Å². The molecule has 0 saturated carbocycles. The van der Waals surface area contributed by atoms with Crippen molar-refractivity contribution in [2.45, 2.75) is 12.7 Å². The van der Waals surface area contributed by atoms with E-state index in [1.54, 1.807) is 0 Å². The van der Waals surface area contributed by atoms with Crippen LogP contribution >= 0.6 is 11.8 Å². The van der Waals surface area contributed by atoms with Crippen molar-refractivity contribution >= 4 is 17.4 Å². The van der Waals surface area contributed by atoms with Crippen LogP contribution in [-0.4, -0.2) is 31.3 Å². The van der Waals surface area contributed by atoms with Crippen molar-refractivity contribution in [3.63, 3.8) is 0 Å². The number of hydrogen-bond donors (Lipinski definition) is 1. The molecular weight excluding hydrogens is 204 g/mol. The van der Waals surface area contributed by atoms with Gasteiger partial charge in [-0.05, 0) is 38.2 Å². The standard InChI is InChI=1S/C12H20N2S/c1-10-11(5-4-6-12(10)13)9-15-8-7-14(2)3/h4-6H,7-9,13H2,1-3H3. The van der Waals surface area contributed by atoms with E-state index in [-0.39, 0.29) is 0 Å². The van der Waals surface area contributed by atoms with Gasteiger partial charge in [0.1, 0.15) is 0 Å². The fourth-order valence-corrected chi connectivity index (χ4v) is 2.46. The van der Waals surface area contributed by atoms with Gasteiger partial charge < -0.3 is 10.6 Å². The van der Waals surface area contributed by atoms with Gasteiger partial charge in [0.15, 0.2) is 0 Å². The molecule has 1 aromatic carbocycles. The fourth-order valence-electron chi connectivity index (χ4n) is 1.29. The van der Waals surface area contributed by atoms with Gasteiger partial charge in [0, 0.05) is 23.7 Å². The van der Waals surface area contributed by atoms with Gasteiger partial charge in [-0.1, -0.05) is 12.1 Å². The van der Waals surface area contributed by atoms with E-state index in [4.69, 9.17) is 5.73 Å². The van der Waals surface area contributed by atoms with E-state index in [2.05, 4.69) is 32.0 Å². The lowest BCUT2D eigenvalue weighted by Gasteiger charge is -2.10. The summed E-state index contributed by atoms with van der Waals surface area (Å²) in [7, 11) is 4.21. The van der Waals surface area contributed by atoms with Gasteiger partial charge in [0.05, 0.1) is 0 Å². The summed E-state index contributed by atoms with van der Waals surface area (Å²) in [6.45, 7) is 3.23. The predicted octanol–water partition coefficient (Wildman–Crippen LogP) is 2.37. The highest BCUT2D eigenvalue weighted by Crippen LogP contribution is 2.20. The Hall–Kier alpha value is -0.670. The maximum absolute atomic E-state index is 5.86. The number of benzene rings is 1. The van der Waals surface area contributed by atoms with Crippen LogP contribution in [-0.2, 0) is 5.75 Å². The van der Waals surface area contributed by atoms with Gasteiger partial charge in [0.2, 0.25) is 0 Å². The molecule has 0 spiro atoms. The zero-order chi connectivity index (χ0) is 11.3. The molecule has 0 radical (unpaired) electrons. The Kier molecular flexibility index (Phi) is 4.99. The molecular formula is C12H20N2S. The average molecular weight is 224 g/mol. The minimum absolute atomic E-state index is 0.903. The number of rotatable bonds is 5. The summed E-state index contributed by atoms with van der Waals surface area (Å²) in [6, 6.07) is 6.15. The Morgan fingerprint density at radius 2 is 2.07 bits per heavy atom. The molecule has 0 aliphatic rings. The third-order valence-electron chi connectivity index (χ3n) is 2.43. The van der Waals surface area contributed by atoms with Crippen LogP contribution in [0.25, 0.3) is 0 Å². The Bertz CT molecular complexity index is 310. The maximum atomic E-state index is 5.86. The van der Waals surface area contributed by atoms with Crippen LogP contribution in [0.1, 0.15) is 11.1 Å². The lowest BCUT2D eigenvalue weighted by Crippen LogP contribution is -2.14. The quantitative estimate of drug-likeness (QED) is 0.615. The van der Waals surface area contributed by atoms with Crippen molar-refractivity contribution in [3.8, 4) is 0 Å². The molecule has 1 aromatic rings. The highest BCUT2D eigenvalue weighted by Gasteiger charge is 2.01. The van der Waals surface area contributed by atoms with Crippen LogP contribution in [0.4, 0.5) is 5.69 Å². The van der Waals surface area contributed by atoms with Gasteiger partial charge >= 0.3 is 0 Å². The first-order valence-electron chi connectivity index (χ1n) is 5.17. The third kappa shape index (κ3) is 4.14. The van der Waals surface area contributed by atoms with Crippen molar-refractivity contribution in [2.75, 3.05) is 32.1 Å². The smallest absolute Gasteiger partial charge is 0.0346 e. The zero-order valence-electron chi connectivity index (χ0n) is 9.79. The minimum Gasteiger partial charge on any atom is -0.399 e. The first kappa shape index (κ1) is 12.4. The van der Waals surface area contributed by atoms with E-state index in [1.807, 2.05) is 23.9 Å². The number of thioether (sulfide) groups is 1. The molecule has 0 bridgehead atoms. The molecule has 0 aromatic heterocycles. The SMILES string of the molecule is Cc1c(N)cccc1CSCCN(C)C. The summed E-state index contributed by atoms with van der Waals surface area (Å²) in [5, 5.41) is 0. The number of nitrogens with two attached hydrogens (primary N) is 1. The lowest BCUT2D eigenvalue weighted by atomic mass is 10.1. The second-order valence-corrected chi connectivity index (χ2v) is 5.09. The van der Waals surface area contributed by atoms with Gasteiger partial charge in [-0.2, -0.15) is 11.8 Å². The third-order valence-corrected chi connectivity index (χ3v) is 3.41. The van der Waals surface area contributed by atoms with Crippen LogP contribution in [0.15, 0.2) is 18.2 Å². The molecule has 0 aliphatic heterocycles. The molecule has 1 rings (SSSR count). The second kappa shape index (κ2) is 6.03. The molecule has 0 saturated heterocycles. The molecule has 3 heteroatoms. The molecule has 2 N–H and O–H groups in total. The van der Waals surface area contributed by atoms with E-state index >= 15 is 0 Å². The summed E-state index contributed by atoms with van der Waals surface area (Å²) >= 11 is 1.96. The van der Waals surface area contributed by atoms with Gasteiger partial charge in [-0.3, -0.25) is 0 Å². The van der Waals surface area contributed by atoms with Crippen molar-refractivity contribution < 1.29 is 0 Å². The van der Waals surface area contributed by atoms with E-state index in [0.29, 0.717) is 0 Å². The van der Waals surface area contributed by atoms with Crippen LogP contribution in [0.2, 0.25) is 0 Å². The molecule has 2 nitrogen and oxygen atoms in total. The largest absolute Gasteiger partial charge is 0.399 e. The van der Waals surface area contributed by atoms with Gasteiger partial charge in [-0.15, -0.1) is 0 Å². The van der Waals surface area contributed by atoms with Crippen LogP contribution in [0, 0.1) is 6.92 Å². The lowest BCUT2D eigenvalue weighted by molar-refractivity contribution is 0.437. The molecule has 0 fully saturated rings. The van der Waals surface area contributed by atoms with Crippen LogP contribution in [0.3, 0.4) is 0 Å². The first-order chi connectivity index (χ1) is 7.11. The summed E-state index contributed by atoms with van der Waals surface area (Å²) in [4.78, 5) is 2.21. The Morgan fingerprint density at radius 1 is 1.33 bits per heavy atom. The summed E-state index contributed by atoms with van der Waals surface area (Å²) < 4.78 is 0. The maximum Gasteiger partial charge on any atom is 0.0346 e. The van der Waals surface area contributed by atoms with Crippen molar-refractivity contribution in [1.29, 1.82) is 0 Å². The Morgan fingerprint density at radius 3 is 2.73 bits per heavy atom. The number of nitrogen functional groups attached to an aromatic ring is 1.